The fourth-order valence-corrected chi connectivity index (χ4v) is 1.67. The molecule has 0 radical (unpaired) electrons. The monoisotopic (exact) mass is 268 g/mol. The Morgan fingerprint density at radius 3 is 2.25 bits per heavy atom. The van der Waals surface area contributed by atoms with Crippen molar-refractivity contribution < 1.29 is 9.47 Å². The van der Waals surface area contributed by atoms with Crippen LogP contribution < -0.4 is 15.2 Å². The first-order chi connectivity index (χ1) is 9.81. The minimum absolute atomic E-state index is 0.401. The van der Waals surface area contributed by atoms with Crippen LogP contribution in [0.3, 0.4) is 0 Å². The Morgan fingerprint density at radius 2 is 1.55 bits per heavy atom. The molecule has 0 spiro atoms. The number of para-hydroxylation sites is 4. The van der Waals surface area contributed by atoms with Crippen LogP contribution in [-0.4, -0.2) is 19.1 Å². The SMILES string of the molecule is C=C=Nc1ccccc1OCCOc1ccccc1N. The topological polar surface area (TPSA) is 56.8 Å². The molecule has 102 valence electrons. The van der Waals surface area contributed by atoms with E-state index in [0.29, 0.717) is 36.1 Å². The van der Waals surface area contributed by atoms with Crippen molar-refractivity contribution >= 4 is 17.2 Å². The Balaban J connectivity index is 1.88. The molecular weight excluding hydrogens is 252 g/mol. The molecule has 0 saturated heterocycles. The number of rotatable bonds is 6. The highest BCUT2D eigenvalue weighted by atomic mass is 16.5. The van der Waals surface area contributed by atoms with Crippen LogP contribution in [0.5, 0.6) is 11.5 Å². The van der Waals surface area contributed by atoms with Crippen molar-refractivity contribution in [2.75, 3.05) is 18.9 Å². The van der Waals surface area contributed by atoms with Crippen LogP contribution in [0.4, 0.5) is 11.4 Å². The lowest BCUT2D eigenvalue weighted by Crippen LogP contribution is -2.09. The molecule has 4 nitrogen and oxygen atoms in total. The van der Waals surface area contributed by atoms with Crippen LogP contribution in [0.2, 0.25) is 0 Å². The number of ether oxygens (including phenoxy) is 2. The molecule has 0 aromatic heterocycles. The highest BCUT2D eigenvalue weighted by molar-refractivity contribution is 5.61. The Labute approximate surface area is 118 Å². The van der Waals surface area contributed by atoms with Gasteiger partial charge in [-0.25, -0.2) is 4.99 Å². The molecule has 2 N–H and O–H groups in total. The van der Waals surface area contributed by atoms with E-state index in [4.69, 9.17) is 15.2 Å². The number of hydrogen-bond acceptors (Lipinski definition) is 4. The van der Waals surface area contributed by atoms with Crippen LogP contribution in [0, 0.1) is 0 Å². The summed E-state index contributed by atoms with van der Waals surface area (Å²) in [6, 6.07) is 14.8. The van der Waals surface area contributed by atoms with Crippen molar-refractivity contribution in [3.05, 3.63) is 55.1 Å². The Hall–Kier alpha value is -2.71. The zero-order valence-corrected chi connectivity index (χ0v) is 11.1. The summed E-state index contributed by atoms with van der Waals surface area (Å²) in [5.74, 6) is 3.83. The maximum Gasteiger partial charge on any atom is 0.145 e. The standard InChI is InChI=1S/C16H16N2O2/c1-2-18-14-8-4-6-10-16(14)20-12-11-19-15-9-5-3-7-13(15)17/h3-10H,1,11-12,17H2. The third-order valence-electron chi connectivity index (χ3n) is 2.58. The lowest BCUT2D eigenvalue weighted by atomic mass is 10.3. The maximum absolute atomic E-state index is 5.78. The molecule has 20 heavy (non-hydrogen) atoms. The van der Waals surface area contributed by atoms with E-state index in [2.05, 4.69) is 17.4 Å². The molecule has 0 fully saturated rings. The van der Waals surface area contributed by atoms with Crippen LogP contribution in [0.25, 0.3) is 0 Å². The van der Waals surface area contributed by atoms with E-state index in [1.54, 1.807) is 6.07 Å². The fraction of sp³-hybridized carbons (Fsp3) is 0.125. The van der Waals surface area contributed by atoms with Gasteiger partial charge in [-0.05, 0) is 36.7 Å². The second-order valence-corrected chi connectivity index (χ2v) is 3.97. The number of hydrogen-bond donors (Lipinski definition) is 1. The van der Waals surface area contributed by atoms with Crippen molar-refractivity contribution in [2.24, 2.45) is 4.99 Å². The Kier molecular flexibility index (Phi) is 4.81. The number of nitrogen functional groups attached to an aromatic ring is 1. The van der Waals surface area contributed by atoms with Gasteiger partial charge >= 0.3 is 0 Å². The number of nitrogens with two attached hydrogens (primary N) is 1. The first kappa shape index (κ1) is 13.7. The largest absolute Gasteiger partial charge is 0.488 e. The van der Waals surface area contributed by atoms with Gasteiger partial charge in [-0.1, -0.05) is 24.3 Å². The molecule has 0 amide bonds. The lowest BCUT2D eigenvalue weighted by Gasteiger charge is -2.10. The van der Waals surface area contributed by atoms with Crippen LogP contribution in [0.1, 0.15) is 0 Å². The van der Waals surface area contributed by atoms with Crippen molar-refractivity contribution in [2.45, 2.75) is 0 Å². The van der Waals surface area contributed by atoms with E-state index in [1.165, 1.54) is 0 Å². The van der Waals surface area contributed by atoms with Gasteiger partial charge in [0.15, 0.2) is 0 Å². The second kappa shape index (κ2) is 7.02. The number of anilines is 1. The van der Waals surface area contributed by atoms with Gasteiger partial charge in [-0.15, -0.1) is 0 Å². The van der Waals surface area contributed by atoms with Gasteiger partial charge < -0.3 is 15.2 Å². The lowest BCUT2D eigenvalue weighted by molar-refractivity contribution is 0.218. The molecule has 0 saturated carbocycles. The average molecular weight is 268 g/mol. The summed E-state index contributed by atoms with van der Waals surface area (Å²) < 4.78 is 11.2. The summed E-state index contributed by atoms with van der Waals surface area (Å²) in [6.07, 6.45) is 0. The minimum atomic E-state index is 0.401. The Bertz CT molecular complexity index is 619. The van der Waals surface area contributed by atoms with E-state index in [1.807, 2.05) is 42.5 Å². The highest BCUT2D eigenvalue weighted by Gasteiger charge is 2.02. The molecule has 0 unspecified atom stereocenters. The average Bonchev–Trinajstić information content (AvgIpc) is 2.47. The van der Waals surface area contributed by atoms with Crippen molar-refractivity contribution in [3.63, 3.8) is 0 Å². The maximum atomic E-state index is 5.78. The van der Waals surface area contributed by atoms with E-state index in [-0.39, 0.29) is 0 Å². The van der Waals surface area contributed by atoms with Gasteiger partial charge in [-0.2, -0.15) is 0 Å². The summed E-state index contributed by atoms with van der Waals surface area (Å²) in [6.45, 7) is 4.26. The molecule has 0 aliphatic rings. The second-order valence-electron chi connectivity index (χ2n) is 3.97. The van der Waals surface area contributed by atoms with Crippen LogP contribution >= 0.6 is 0 Å². The van der Waals surface area contributed by atoms with Crippen molar-refractivity contribution in [1.82, 2.24) is 0 Å². The first-order valence-electron chi connectivity index (χ1n) is 6.23. The van der Waals surface area contributed by atoms with Gasteiger partial charge in [0.1, 0.15) is 30.4 Å². The molecule has 2 aromatic carbocycles. The predicted octanol–water partition coefficient (Wildman–Crippen LogP) is 3.21. The normalized spacial score (nSPS) is 9.60. The molecule has 0 aliphatic heterocycles. The third kappa shape index (κ3) is 3.64. The van der Waals surface area contributed by atoms with Crippen molar-refractivity contribution in [1.29, 1.82) is 0 Å². The predicted molar refractivity (Wildman–Crippen MR) is 81.0 cm³/mol. The summed E-state index contributed by atoms with van der Waals surface area (Å²) in [7, 11) is 0. The zero-order valence-electron chi connectivity index (χ0n) is 11.1. The van der Waals surface area contributed by atoms with Gasteiger partial charge in [0, 0.05) is 0 Å². The van der Waals surface area contributed by atoms with Gasteiger partial charge in [-0.3, -0.25) is 0 Å². The molecule has 0 aliphatic carbocycles. The first-order valence-corrected chi connectivity index (χ1v) is 6.23. The number of benzene rings is 2. The third-order valence-corrected chi connectivity index (χ3v) is 2.58. The molecule has 2 rings (SSSR count). The van der Waals surface area contributed by atoms with Gasteiger partial charge in [0.2, 0.25) is 0 Å². The molecule has 0 heterocycles. The van der Waals surface area contributed by atoms with E-state index in [9.17, 15) is 0 Å². The van der Waals surface area contributed by atoms with E-state index in [0.717, 1.165) is 0 Å². The van der Waals surface area contributed by atoms with Crippen molar-refractivity contribution in [3.8, 4) is 11.5 Å². The fourth-order valence-electron chi connectivity index (χ4n) is 1.67. The minimum Gasteiger partial charge on any atom is -0.488 e. The number of nitrogens with zero attached hydrogens (tertiary/aromatic N) is 1. The highest BCUT2D eigenvalue weighted by Crippen LogP contribution is 2.26. The quantitative estimate of drug-likeness (QED) is 0.497. The Morgan fingerprint density at radius 1 is 0.950 bits per heavy atom. The zero-order chi connectivity index (χ0) is 14.2. The summed E-state index contributed by atoms with van der Waals surface area (Å²) >= 11 is 0. The molecule has 4 heteroatoms. The summed E-state index contributed by atoms with van der Waals surface area (Å²) in [5, 5.41) is 0. The van der Waals surface area contributed by atoms with E-state index < -0.39 is 0 Å². The molecule has 0 bridgehead atoms. The molecule has 2 aromatic rings. The smallest absolute Gasteiger partial charge is 0.145 e. The number of aliphatic imine (C=N–C) groups is 1. The molecular formula is C16H16N2O2. The van der Waals surface area contributed by atoms with Gasteiger partial charge in [0.25, 0.3) is 0 Å². The molecule has 0 atom stereocenters. The van der Waals surface area contributed by atoms with Crippen LogP contribution in [-0.2, 0) is 0 Å². The summed E-state index contributed by atoms with van der Waals surface area (Å²) in [5.41, 5.74) is 7.09. The van der Waals surface area contributed by atoms with E-state index >= 15 is 0 Å². The van der Waals surface area contributed by atoms with Crippen LogP contribution in [0.15, 0.2) is 60.1 Å². The van der Waals surface area contributed by atoms with Gasteiger partial charge in [0.05, 0.1) is 5.69 Å². The summed E-state index contributed by atoms with van der Waals surface area (Å²) in [4.78, 5) is 4.01.